The predicted octanol–water partition coefficient (Wildman–Crippen LogP) is 4.53. The lowest BCUT2D eigenvalue weighted by atomic mass is 9.77. The molecule has 118 valence electrons. The highest BCUT2D eigenvalue weighted by atomic mass is 19.1. The molecule has 2 atom stereocenters. The molecule has 1 unspecified atom stereocenters. The normalized spacial score (nSPS) is 22.0. The Balaban J connectivity index is 2.24. The molecule has 0 amide bonds. The van der Waals surface area contributed by atoms with E-state index < -0.39 is 6.10 Å². The summed E-state index contributed by atoms with van der Waals surface area (Å²) < 4.78 is 14.3. The van der Waals surface area contributed by atoms with Gasteiger partial charge in [0.1, 0.15) is 5.82 Å². The summed E-state index contributed by atoms with van der Waals surface area (Å²) in [6.45, 7) is 10.3. The maximum atomic E-state index is 14.3. The van der Waals surface area contributed by atoms with Crippen molar-refractivity contribution in [3.05, 3.63) is 29.6 Å². The van der Waals surface area contributed by atoms with Gasteiger partial charge in [-0.3, -0.25) is 0 Å². The third-order valence-electron chi connectivity index (χ3n) is 4.74. The van der Waals surface area contributed by atoms with Gasteiger partial charge in [0, 0.05) is 18.7 Å². The average molecular weight is 293 g/mol. The van der Waals surface area contributed by atoms with E-state index in [1.54, 1.807) is 13.0 Å². The molecule has 0 aromatic heterocycles. The first-order valence-corrected chi connectivity index (χ1v) is 8.02. The van der Waals surface area contributed by atoms with Crippen molar-refractivity contribution < 1.29 is 9.50 Å². The van der Waals surface area contributed by atoms with E-state index >= 15 is 0 Å². The predicted molar refractivity (Wildman–Crippen MR) is 86.0 cm³/mol. The van der Waals surface area contributed by atoms with Crippen molar-refractivity contribution in [1.29, 1.82) is 0 Å². The number of anilines is 1. The Labute approximate surface area is 128 Å². The van der Waals surface area contributed by atoms with Gasteiger partial charge in [-0.2, -0.15) is 0 Å². The number of hydrogen-bond donors (Lipinski definition) is 1. The zero-order chi connectivity index (χ0) is 15.6. The Morgan fingerprint density at radius 2 is 1.95 bits per heavy atom. The van der Waals surface area contributed by atoms with Gasteiger partial charge in [-0.05, 0) is 43.6 Å². The average Bonchev–Trinajstić information content (AvgIpc) is 2.63. The lowest BCUT2D eigenvalue weighted by Crippen LogP contribution is -2.28. The fourth-order valence-electron chi connectivity index (χ4n) is 3.39. The molecular weight excluding hydrogens is 265 g/mol. The van der Waals surface area contributed by atoms with Crippen molar-refractivity contribution in [3.8, 4) is 0 Å². The van der Waals surface area contributed by atoms with Gasteiger partial charge in [0.05, 0.1) is 11.8 Å². The molecular formula is C18H28FNO. The maximum Gasteiger partial charge on any atom is 0.146 e. The van der Waals surface area contributed by atoms with Gasteiger partial charge >= 0.3 is 0 Å². The smallest absolute Gasteiger partial charge is 0.146 e. The topological polar surface area (TPSA) is 23.5 Å². The molecule has 1 heterocycles. The Bertz CT molecular complexity index is 479. The fourth-order valence-corrected chi connectivity index (χ4v) is 3.39. The van der Waals surface area contributed by atoms with Crippen LogP contribution in [0.4, 0.5) is 10.1 Å². The minimum absolute atomic E-state index is 0.220. The maximum absolute atomic E-state index is 14.3. The monoisotopic (exact) mass is 293 g/mol. The van der Waals surface area contributed by atoms with Crippen molar-refractivity contribution in [1.82, 2.24) is 0 Å². The van der Waals surface area contributed by atoms with Crippen LogP contribution in [0.5, 0.6) is 0 Å². The highest BCUT2D eigenvalue weighted by Crippen LogP contribution is 2.37. The second kappa shape index (κ2) is 6.35. The van der Waals surface area contributed by atoms with E-state index in [-0.39, 0.29) is 5.82 Å². The summed E-state index contributed by atoms with van der Waals surface area (Å²) in [5.41, 5.74) is 1.60. The van der Waals surface area contributed by atoms with Gasteiger partial charge in [-0.1, -0.05) is 32.9 Å². The standard InChI is InChI=1S/C18H28FNO/c1-13(21)15-8-5-9-16(19)17(15)20-11-6-7-14(10-12-20)18(2,3)4/h5,8-9,13-14,21H,6-7,10-12H2,1-4H3/t13-,14?/m1/s1. The molecule has 21 heavy (non-hydrogen) atoms. The van der Waals surface area contributed by atoms with E-state index in [9.17, 15) is 9.50 Å². The highest BCUT2D eigenvalue weighted by molar-refractivity contribution is 5.56. The van der Waals surface area contributed by atoms with Crippen LogP contribution in [0.15, 0.2) is 18.2 Å². The van der Waals surface area contributed by atoms with Crippen molar-refractivity contribution in [2.45, 2.75) is 53.1 Å². The molecule has 1 aromatic rings. The number of halogens is 1. The first-order valence-electron chi connectivity index (χ1n) is 8.02. The number of aliphatic hydroxyl groups is 1. The zero-order valence-electron chi connectivity index (χ0n) is 13.7. The van der Waals surface area contributed by atoms with Crippen LogP contribution in [0.1, 0.15) is 58.6 Å². The van der Waals surface area contributed by atoms with E-state index in [1.807, 2.05) is 6.07 Å². The summed E-state index contributed by atoms with van der Waals surface area (Å²) in [5.74, 6) is 0.451. The first kappa shape index (κ1) is 16.3. The van der Waals surface area contributed by atoms with Crippen LogP contribution in [0.2, 0.25) is 0 Å². The molecule has 1 fully saturated rings. The summed E-state index contributed by atoms with van der Waals surface area (Å²) in [4.78, 5) is 2.13. The van der Waals surface area contributed by atoms with Crippen LogP contribution in [-0.4, -0.2) is 18.2 Å². The van der Waals surface area contributed by atoms with Crippen LogP contribution in [-0.2, 0) is 0 Å². The van der Waals surface area contributed by atoms with Crippen molar-refractivity contribution >= 4 is 5.69 Å². The largest absolute Gasteiger partial charge is 0.389 e. The Kier molecular flexibility index (Phi) is 4.92. The van der Waals surface area contributed by atoms with Crippen LogP contribution < -0.4 is 4.90 Å². The molecule has 0 aliphatic carbocycles. The van der Waals surface area contributed by atoms with Gasteiger partial charge in [-0.15, -0.1) is 0 Å². The van der Waals surface area contributed by atoms with Crippen molar-refractivity contribution in [3.63, 3.8) is 0 Å². The highest BCUT2D eigenvalue weighted by Gasteiger charge is 2.28. The van der Waals surface area contributed by atoms with E-state index in [0.29, 0.717) is 22.6 Å². The minimum Gasteiger partial charge on any atom is -0.389 e. The lowest BCUT2D eigenvalue weighted by molar-refractivity contribution is 0.199. The minimum atomic E-state index is -0.641. The Morgan fingerprint density at radius 3 is 2.57 bits per heavy atom. The second-order valence-corrected chi connectivity index (χ2v) is 7.33. The molecule has 1 aromatic carbocycles. The summed E-state index contributed by atoms with van der Waals surface area (Å²) in [6, 6.07) is 5.00. The molecule has 0 radical (unpaired) electrons. The molecule has 1 N–H and O–H groups in total. The van der Waals surface area contributed by atoms with Crippen LogP contribution in [0.3, 0.4) is 0 Å². The van der Waals surface area contributed by atoms with E-state index in [1.165, 1.54) is 12.5 Å². The van der Waals surface area contributed by atoms with Crippen molar-refractivity contribution in [2.24, 2.45) is 11.3 Å². The first-order chi connectivity index (χ1) is 9.80. The molecule has 0 bridgehead atoms. The molecule has 2 rings (SSSR count). The lowest BCUT2D eigenvalue weighted by Gasteiger charge is -2.30. The molecule has 1 aliphatic rings. The summed E-state index contributed by atoms with van der Waals surface area (Å²) >= 11 is 0. The summed E-state index contributed by atoms with van der Waals surface area (Å²) in [7, 11) is 0. The number of para-hydroxylation sites is 1. The van der Waals surface area contributed by atoms with Crippen LogP contribution in [0, 0.1) is 17.2 Å². The Morgan fingerprint density at radius 1 is 1.24 bits per heavy atom. The van der Waals surface area contributed by atoms with Gasteiger partial charge in [-0.25, -0.2) is 4.39 Å². The molecule has 2 nitrogen and oxygen atoms in total. The van der Waals surface area contributed by atoms with Crippen LogP contribution in [0.25, 0.3) is 0 Å². The molecule has 0 spiro atoms. The van der Waals surface area contributed by atoms with Gasteiger partial charge in [0.15, 0.2) is 0 Å². The number of rotatable bonds is 2. The van der Waals surface area contributed by atoms with E-state index in [2.05, 4.69) is 25.7 Å². The number of aliphatic hydroxyl groups excluding tert-OH is 1. The van der Waals surface area contributed by atoms with Gasteiger partial charge in [0.2, 0.25) is 0 Å². The zero-order valence-corrected chi connectivity index (χ0v) is 13.7. The fraction of sp³-hybridized carbons (Fsp3) is 0.667. The quantitative estimate of drug-likeness (QED) is 0.866. The third-order valence-corrected chi connectivity index (χ3v) is 4.74. The van der Waals surface area contributed by atoms with E-state index in [4.69, 9.17) is 0 Å². The summed E-state index contributed by atoms with van der Waals surface area (Å²) in [5, 5.41) is 9.92. The van der Waals surface area contributed by atoms with Crippen molar-refractivity contribution in [2.75, 3.05) is 18.0 Å². The number of benzene rings is 1. The second-order valence-electron chi connectivity index (χ2n) is 7.33. The SMILES string of the molecule is C[C@@H](O)c1cccc(F)c1N1CCCC(C(C)(C)C)CC1. The third kappa shape index (κ3) is 3.76. The van der Waals surface area contributed by atoms with Gasteiger partial charge < -0.3 is 10.0 Å². The number of hydrogen-bond acceptors (Lipinski definition) is 2. The van der Waals surface area contributed by atoms with Gasteiger partial charge in [0.25, 0.3) is 0 Å². The molecule has 1 aliphatic heterocycles. The molecule has 3 heteroatoms. The Hall–Kier alpha value is -1.09. The molecule has 0 saturated carbocycles. The molecule has 1 saturated heterocycles. The van der Waals surface area contributed by atoms with E-state index in [0.717, 1.165) is 25.9 Å². The number of nitrogens with zero attached hydrogens (tertiary/aromatic N) is 1. The summed E-state index contributed by atoms with van der Waals surface area (Å²) in [6.07, 6.45) is 2.71. The van der Waals surface area contributed by atoms with Crippen LogP contribution >= 0.6 is 0 Å².